The highest BCUT2D eigenvalue weighted by Gasteiger charge is 2.18. The molecule has 0 aliphatic rings. The largest absolute Gasteiger partial charge is 0.333 e. The zero-order valence-corrected chi connectivity index (χ0v) is 10.6. The molecule has 1 aromatic carbocycles. The van der Waals surface area contributed by atoms with Crippen molar-refractivity contribution in [3.8, 4) is 0 Å². The predicted molar refractivity (Wildman–Crippen MR) is 74.9 cm³/mol. The van der Waals surface area contributed by atoms with Gasteiger partial charge in [-0.3, -0.25) is 14.8 Å². The van der Waals surface area contributed by atoms with E-state index in [4.69, 9.17) is 0 Å². The molecule has 0 unspecified atom stereocenters. The lowest BCUT2D eigenvalue weighted by molar-refractivity contribution is -0.384. The van der Waals surface area contributed by atoms with E-state index in [1.54, 1.807) is 30.1 Å². The van der Waals surface area contributed by atoms with Gasteiger partial charge in [-0.1, -0.05) is 18.2 Å². The van der Waals surface area contributed by atoms with Crippen LogP contribution in [0.4, 0.5) is 17.2 Å². The van der Waals surface area contributed by atoms with Crippen LogP contribution in [0.2, 0.25) is 0 Å². The molecule has 0 atom stereocenters. The molecular formula is C13H11N5O2. The van der Waals surface area contributed by atoms with Gasteiger partial charge < -0.3 is 5.32 Å². The van der Waals surface area contributed by atoms with Gasteiger partial charge in [0.2, 0.25) is 0 Å². The molecule has 0 amide bonds. The molecule has 0 fully saturated rings. The van der Waals surface area contributed by atoms with Crippen LogP contribution in [0.5, 0.6) is 0 Å². The van der Waals surface area contributed by atoms with E-state index in [9.17, 15) is 10.1 Å². The van der Waals surface area contributed by atoms with Gasteiger partial charge in [0.15, 0.2) is 5.82 Å². The first-order valence-electron chi connectivity index (χ1n) is 5.94. The van der Waals surface area contributed by atoms with Crippen molar-refractivity contribution in [2.75, 3.05) is 5.32 Å². The number of hydrogen-bond acceptors (Lipinski definition) is 5. The second-order valence-corrected chi connectivity index (χ2v) is 4.29. The second kappa shape index (κ2) is 4.61. The molecule has 20 heavy (non-hydrogen) atoms. The maximum Gasteiger partial charge on any atom is 0.311 e. The van der Waals surface area contributed by atoms with Crippen LogP contribution in [0.3, 0.4) is 0 Å². The van der Waals surface area contributed by atoms with E-state index in [1.165, 1.54) is 6.20 Å². The summed E-state index contributed by atoms with van der Waals surface area (Å²) in [5.74, 6) is 0.548. The molecule has 2 aromatic heterocycles. The van der Waals surface area contributed by atoms with Crippen molar-refractivity contribution < 1.29 is 4.92 Å². The van der Waals surface area contributed by atoms with E-state index in [0.29, 0.717) is 22.4 Å². The van der Waals surface area contributed by atoms with E-state index in [-0.39, 0.29) is 5.69 Å². The first-order chi connectivity index (χ1) is 9.65. The van der Waals surface area contributed by atoms with Crippen molar-refractivity contribution in [2.45, 2.75) is 0 Å². The number of aromatic nitrogens is 3. The summed E-state index contributed by atoms with van der Waals surface area (Å²) in [4.78, 5) is 14.8. The summed E-state index contributed by atoms with van der Waals surface area (Å²) in [5.41, 5.74) is 1.02. The summed E-state index contributed by atoms with van der Waals surface area (Å²) >= 11 is 0. The van der Waals surface area contributed by atoms with Gasteiger partial charge in [-0.2, -0.15) is 5.10 Å². The van der Waals surface area contributed by atoms with Gasteiger partial charge in [-0.25, -0.2) is 4.98 Å². The van der Waals surface area contributed by atoms with Gasteiger partial charge in [0, 0.05) is 24.7 Å². The molecule has 0 aliphatic heterocycles. The molecule has 0 spiro atoms. The third-order valence-corrected chi connectivity index (χ3v) is 2.92. The van der Waals surface area contributed by atoms with Crippen molar-refractivity contribution in [2.24, 2.45) is 7.05 Å². The summed E-state index contributed by atoms with van der Waals surface area (Å²) in [7, 11) is 1.78. The number of aryl methyl sites for hydroxylation is 1. The highest BCUT2D eigenvalue weighted by Crippen LogP contribution is 2.33. The molecule has 2 heterocycles. The Hall–Kier alpha value is -2.96. The van der Waals surface area contributed by atoms with E-state index in [0.717, 1.165) is 0 Å². The van der Waals surface area contributed by atoms with Crippen LogP contribution < -0.4 is 5.32 Å². The molecule has 0 radical (unpaired) electrons. The van der Waals surface area contributed by atoms with Crippen molar-refractivity contribution in [1.29, 1.82) is 0 Å². The molecule has 3 aromatic rings. The minimum Gasteiger partial charge on any atom is -0.333 e. The average Bonchev–Trinajstić information content (AvgIpc) is 2.84. The lowest BCUT2D eigenvalue weighted by atomic mass is 10.1. The zero-order valence-electron chi connectivity index (χ0n) is 10.6. The maximum atomic E-state index is 11.2. The number of hydrogen-bond donors (Lipinski definition) is 1. The Labute approximate surface area is 114 Å². The molecule has 7 nitrogen and oxygen atoms in total. The van der Waals surface area contributed by atoms with Crippen molar-refractivity contribution in [3.05, 3.63) is 52.8 Å². The minimum atomic E-state index is -0.454. The van der Waals surface area contributed by atoms with Crippen LogP contribution in [0, 0.1) is 10.1 Å². The number of nitrogens with zero attached hydrogens (tertiary/aromatic N) is 4. The first kappa shape index (κ1) is 12.1. The van der Waals surface area contributed by atoms with Crippen LogP contribution in [0.1, 0.15) is 0 Å². The minimum absolute atomic E-state index is 0.0747. The fourth-order valence-electron chi connectivity index (χ4n) is 2.01. The predicted octanol–water partition coefficient (Wildman–Crippen LogP) is 2.62. The average molecular weight is 269 g/mol. The molecule has 0 aliphatic carbocycles. The lowest BCUT2D eigenvalue weighted by Crippen LogP contribution is -2.00. The number of nitrogens with one attached hydrogen (secondary N) is 1. The van der Waals surface area contributed by atoms with Gasteiger partial charge >= 0.3 is 5.69 Å². The standard InChI is InChI=1S/C13H11N5O2/c1-17-7-6-12(16-17)15-13-9-4-2-3-5-10(9)14-8-11(13)18(19)20/h2-8H,1H3,(H,14,15,16). The summed E-state index contributed by atoms with van der Waals surface area (Å²) < 4.78 is 1.62. The molecule has 7 heteroatoms. The smallest absolute Gasteiger partial charge is 0.311 e. The van der Waals surface area contributed by atoms with Crippen LogP contribution >= 0.6 is 0 Å². The molecule has 3 rings (SSSR count). The van der Waals surface area contributed by atoms with E-state index >= 15 is 0 Å². The highest BCUT2D eigenvalue weighted by molar-refractivity contribution is 5.97. The Morgan fingerprint density at radius 2 is 2.10 bits per heavy atom. The first-order valence-corrected chi connectivity index (χ1v) is 5.94. The van der Waals surface area contributed by atoms with E-state index in [1.807, 2.05) is 18.2 Å². The molecule has 100 valence electrons. The fourth-order valence-corrected chi connectivity index (χ4v) is 2.01. The Kier molecular flexibility index (Phi) is 2.79. The van der Waals surface area contributed by atoms with Crippen LogP contribution in [-0.2, 0) is 7.05 Å². The van der Waals surface area contributed by atoms with Gasteiger partial charge in [-0.15, -0.1) is 0 Å². The van der Waals surface area contributed by atoms with Gasteiger partial charge in [0.05, 0.1) is 10.4 Å². The Morgan fingerprint density at radius 3 is 2.80 bits per heavy atom. The Bertz CT molecular complexity index is 796. The van der Waals surface area contributed by atoms with Gasteiger partial charge in [0.1, 0.15) is 11.9 Å². The monoisotopic (exact) mass is 269 g/mol. The second-order valence-electron chi connectivity index (χ2n) is 4.29. The number of anilines is 2. The number of fused-ring (bicyclic) bond motifs is 1. The van der Waals surface area contributed by atoms with Crippen LogP contribution in [0.25, 0.3) is 10.9 Å². The molecular weight excluding hydrogens is 258 g/mol. The van der Waals surface area contributed by atoms with Crippen LogP contribution in [0.15, 0.2) is 42.7 Å². The number of para-hydroxylation sites is 1. The van der Waals surface area contributed by atoms with E-state index in [2.05, 4.69) is 15.4 Å². The highest BCUT2D eigenvalue weighted by atomic mass is 16.6. The summed E-state index contributed by atoms with van der Waals surface area (Å²) in [6.07, 6.45) is 3.02. The number of rotatable bonds is 3. The Balaban J connectivity index is 2.19. The fraction of sp³-hybridized carbons (Fsp3) is 0.0769. The summed E-state index contributed by atoms with van der Waals surface area (Å²) in [6.45, 7) is 0. The maximum absolute atomic E-state index is 11.2. The molecule has 0 saturated carbocycles. The number of pyridine rings is 1. The number of benzene rings is 1. The Morgan fingerprint density at radius 1 is 1.30 bits per heavy atom. The van der Waals surface area contributed by atoms with Crippen LogP contribution in [-0.4, -0.2) is 19.7 Å². The summed E-state index contributed by atoms with van der Waals surface area (Å²) in [5, 5.41) is 19.0. The summed E-state index contributed by atoms with van der Waals surface area (Å²) in [6, 6.07) is 9.01. The topological polar surface area (TPSA) is 85.9 Å². The third-order valence-electron chi connectivity index (χ3n) is 2.92. The van der Waals surface area contributed by atoms with Crippen molar-refractivity contribution in [1.82, 2.24) is 14.8 Å². The molecule has 1 N–H and O–H groups in total. The van der Waals surface area contributed by atoms with Crippen molar-refractivity contribution in [3.63, 3.8) is 0 Å². The third kappa shape index (κ3) is 2.05. The quantitative estimate of drug-likeness (QED) is 0.583. The van der Waals surface area contributed by atoms with Gasteiger partial charge in [-0.05, 0) is 6.07 Å². The SMILES string of the molecule is Cn1ccc(Nc2c([N+](=O)[O-])cnc3ccccc23)n1. The number of nitro groups is 1. The normalized spacial score (nSPS) is 10.7. The molecule has 0 bridgehead atoms. The van der Waals surface area contributed by atoms with Crippen molar-refractivity contribution >= 4 is 28.1 Å². The lowest BCUT2D eigenvalue weighted by Gasteiger charge is -2.07. The van der Waals surface area contributed by atoms with Gasteiger partial charge in [0.25, 0.3) is 0 Å². The molecule has 0 saturated heterocycles. The van der Waals surface area contributed by atoms with E-state index < -0.39 is 4.92 Å². The zero-order chi connectivity index (χ0) is 14.1.